The molecule has 1 saturated carbocycles. The van der Waals surface area contributed by atoms with Gasteiger partial charge in [-0.2, -0.15) is 0 Å². The Hall–Kier alpha value is -0.120. The van der Waals surface area contributed by atoms with E-state index in [1.807, 2.05) is 0 Å². The molecule has 0 radical (unpaired) electrons. The van der Waals surface area contributed by atoms with Crippen LogP contribution < -0.4 is 5.32 Å². The molecule has 3 nitrogen and oxygen atoms in total. The van der Waals surface area contributed by atoms with Gasteiger partial charge in [-0.1, -0.05) is 0 Å². The van der Waals surface area contributed by atoms with E-state index in [9.17, 15) is 0 Å². The number of likely N-dealkylation sites (tertiary alicyclic amines) is 1. The van der Waals surface area contributed by atoms with Gasteiger partial charge in [0.25, 0.3) is 0 Å². The standard InChI is InChI=1S/C13H27N3/c1-15-9-3-4-12(7-10-15)14-8-11-16(2)13-5-6-13/h12-14H,3-11H2,1-2H3. The van der Waals surface area contributed by atoms with Crippen LogP contribution in [0.4, 0.5) is 0 Å². The predicted octanol–water partition coefficient (Wildman–Crippen LogP) is 1.15. The van der Waals surface area contributed by atoms with Crippen LogP contribution >= 0.6 is 0 Å². The lowest BCUT2D eigenvalue weighted by Gasteiger charge is -2.20. The summed E-state index contributed by atoms with van der Waals surface area (Å²) in [7, 11) is 4.50. The summed E-state index contributed by atoms with van der Waals surface area (Å²) in [6.07, 6.45) is 6.88. The second-order valence-corrected chi connectivity index (χ2v) is 5.60. The molecule has 1 aliphatic heterocycles. The van der Waals surface area contributed by atoms with Crippen LogP contribution in [0.15, 0.2) is 0 Å². The Morgan fingerprint density at radius 3 is 2.75 bits per heavy atom. The molecule has 1 unspecified atom stereocenters. The first-order valence-electron chi connectivity index (χ1n) is 6.88. The third-order valence-corrected chi connectivity index (χ3v) is 4.02. The first kappa shape index (κ1) is 12.3. The van der Waals surface area contributed by atoms with Crippen molar-refractivity contribution >= 4 is 0 Å². The maximum atomic E-state index is 3.73. The molecule has 1 aliphatic carbocycles. The van der Waals surface area contributed by atoms with E-state index >= 15 is 0 Å². The van der Waals surface area contributed by atoms with Gasteiger partial charge in [-0.05, 0) is 59.3 Å². The van der Waals surface area contributed by atoms with Crippen molar-refractivity contribution in [1.29, 1.82) is 0 Å². The summed E-state index contributed by atoms with van der Waals surface area (Å²) in [5, 5.41) is 3.73. The first-order chi connectivity index (χ1) is 7.75. The van der Waals surface area contributed by atoms with Crippen LogP contribution in [0.2, 0.25) is 0 Å². The highest BCUT2D eigenvalue weighted by Gasteiger charge is 2.25. The number of nitrogens with one attached hydrogen (secondary N) is 1. The Bertz CT molecular complexity index is 203. The number of rotatable bonds is 5. The fourth-order valence-corrected chi connectivity index (χ4v) is 2.59. The summed E-state index contributed by atoms with van der Waals surface area (Å²) in [5.74, 6) is 0. The zero-order valence-electron chi connectivity index (χ0n) is 10.9. The van der Waals surface area contributed by atoms with E-state index in [1.54, 1.807) is 0 Å². The fourth-order valence-electron chi connectivity index (χ4n) is 2.59. The number of hydrogen-bond acceptors (Lipinski definition) is 3. The molecular weight excluding hydrogens is 198 g/mol. The first-order valence-corrected chi connectivity index (χ1v) is 6.88. The summed E-state index contributed by atoms with van der Waals surface area (Å²) in [6.45, 7) is 4.93. The quantitative estimate of drug-likeness (QED) is 0.757. The molecule has 1 heterocycles. The lowest BCUT2D eigenvalue weighted by molar-refractivity contribution is 0.307. The van der Waals surface area contributed by atoms with Gasteiger partial charge in [-0.25, -0.2) is 0 Å². The average molecular weight is 225 g/mol. The van der Waals surface area contributed by atoms with Crippen molar-refractivity contribution in [2.24, 2.45) is 0 Å². The van der Waals surface area contributed by atoms with Crippen LogP contribution in [0.1, 0.15) is 32.1 Å². The summed E-state index contributed by atoms with van der Waals surface area (Å²) < 4.78 is 0. The molecule has 1 saturated heterocycles. The van der Waals surface area contributed by atoms with Crippen molar-refractivity contribution in [2.45, 2.75) is 44.2 Å². The number of likely N-dealkylation sites (N-methyl/N-ethyl adjacent to an activating group) is 1. The summed E-state index contributed by atoms with van der Waals surface area (Å²) in [6, 6.07) is 1.67. The van der Waals surface area contributed by atoms with Crippen LogP contribution in [0.25, 0.3) is 0 Å². The molecule has 0 spiro atoms. The zero-order valence-corrected chi connectivity index (χ0v) is 10.9. The van der Waals surface area contributed by atoms with Crippen LogP contribution in [0.3, 0.4) is 0 Å². The second kappa shape index (κ2) is 5.99. The highest BCUT2D eigenvalue weighted by Crippen LogP contribution is 2.24. The van der Waals surface area contributed by atoms with Crippen LogP contribution in [0.5, 0.6) is 0 Å². The molecule has 94 valence electrons. The van der Waals surface area contributed by atoms with Crippen molar-refractivity contribution < 1.29 is 0 Å². The van der Waals surface area contributed by atoms with Gasteiger partial charge in [-0.3, -0.25) is 0 Å². The van der Waals surface area contributed by atoms with Crippen LogP contribution in [0, 0.1) is 0 Å². The molecule has 2 rings (SSSR count). The normalized spacial score (nSPS) is 28.3. The zero-order chi connectivity index (χ0) is 11.4. The van der Waals surface area contributed by atoms with E-state index in [1.165, 1.54) is 58.3 Å². The monoisotopic (exact) mass is 225 g/mol. The maximum absolute atomic E-state index is 3.73. The van der Waals surface area contributed by atoms with Gasteiger partial charge in [0.1, 0.15) is 0 Å². The predicted molar refractivity (Wildman–Crippen MR) is 68.8 cm³/mol. The molecule has 0 bridgehead atoms. The minimum absolute atomic E-state index is 0.762. The Morgan fingerprint density at radius 1 is 1.19 bits per heavy atom. The van der Waals surface area contributed by atoms with Gasteiger partial charge in [0.15, 0.2) is 0 Å². The largest absolute Gasteiger partial charge is 0.313 e. The fraction of sp³-hybridized carbons (Fsp3) is 1.00. The number of nitrogens with zero attached hydrogens (tertiary/aromatic N) is 2. The van der Waals surface area contributed by atoms with Gasteiger partial charge >= 0.3 is 0 Å². The van der Waals surface area contributed by atoms with Crippen molar-refractivity contribution in [1.82, 2.24) is 15.1 Å². The van der Waals surface area contributed by atoms with E-state index in [2.05, 4.69) is 29.2 Å². The van der Waals surface area contributed by atoms with E-state index in [-0.39, 0.29) is 0 Å². The third kappa shape index (κ3) is 4.04. The van der Waals surface area contributed by atoms with E-state index in [0.717, 1.165) is 12.1 Å². The van der Waals surface area contributed by atoms with Gasteiger partial charge in [0.2, 0.25) is 0 Å². The molecule has 1 N–H and O–H groups in total. The van der Waals surface area contributed by atoms with Crippen LogP contribution in [-0.4, -0.2) is 62.2 Å². The smallest absolute Gasteiger partial charge is 0.0107 e. The Balaban J connectivity index is 1.57. The van der Waals surface area contributed by atoms with Crippen molar-refractivity contribution in [3.8, 4) is 0 Å². The average Bonchev–Trinajstić information content (AvgIpc) is 3.06. The third-order valence-electron chi connectivity index (χ3n) is 4.02. The molecule has 1 atom stereocenters. The molecule has 3 heteroatoms. The van der Waals surface area contributed by atoms with E-state index in [4.69, 9.17) is 0 Å². The maximum Gasteiger partial charge on any atom is 0.0107 e. The SMILES string of the molecule is CN1CCCC(NCCN(C)C2CC2)CC1. The van der Waals surface area contributed by atoms with Gasteiger partial charge < -0.3 is 15.1 Å². The highest BCUT2D eigenvalue weighted by molar-refractivity contribution is 4.83. The number of hydrogen-bond donors (Lipinski definition) is 1. The second-order valence-electron chi connectivity index (χ2n) is 5.60. The molecule has 16 heavy (non-hydrogen) atoms. The molecule has 0 amide bonds. The van der Waals surface area contributed by atoms with Gasteiger partial charge in [0.05, 0.1) is 0 Å². The minimum Gasteiger partial charge on any atom is -0.313 e. The summed E-state index contributed by atoms with van der Waals surface area (Å²) in [4.78, 5) is 4.97. The minimum atomic E-state index is 0.762. The van der Waals surface area contributed by atoms with E-state index in [0.29, 0.717) is 0 Å². The molecule has 0 aromatic carbocycles. The summed E-state index contributed by atoms with van der Waals surface area (Å²) >= 11 is 0. The molecular formula is C13H27N3. The van der Waals surface area contributed by atoms with Gasteiger partial charge in [-0.15, -0.1) is 0 Å². The summed E-state index contributed by atoms with van der Waals surface area (Å²) in [5.41, 5.74) is 0. The lowest BCUT2D eigenvalue weighted by atomic mass is 10.1. The lowest BCUT2D eigenvalue weighted by Crippen LogP contribution is -2.37. The van der Waals surface area contributed by atoms with Crippen molar-refractivity contribution in [2.75, 3.05) is 40.3 Å². The molecule has 2 aliphatic rings. The van der Waals surface area contributed by atoms with Crippen molar-refractivity contribution in [3.05, 3.63) is 0 Å². The molecule has 2 fully saturated rings. The van der Waals surface area contributed by atoms with Crippen molar-refractivity contribution in [3.63, 3.8) is 0 Å². The van der Waals surface area contributed by atoms with Gasteiger partial charge in [0, 0.05) is 25.2 Å². The Kier molecular flexibility index (Phi) is 4.62. The Morgan fingerprint density at radius 2 is 2.00 bits per heavy atom. The molecule has 0 aromatic heterocycles. The Labute approximate surface area is 100 Å². The topological polar surface area (TPSA) is 18.5 Å². The molecule has 0 aromatic rings. The van der Waals surface area contributed by atoms with E-state index < -0.39 is 0 Å². The van der Waals surface area contributed by atoms with Crippen LogP contribution in [-0.2, 0) is 0 Å². The highest BCUT2D eigenvalue weighted by atomic mass is 15.2.